The molecule has 0 saturated carbocycles. The van der Waals surface area contributed by atoms with E-state index < -0.39 is 0 Å². The molecule has 2 N–H and O–H groups in total. The number of rotatable bonds is 1. The van der Waals surface area contributed by atoms with E-state index in [4.69, 9.17) is 12.2 Å². The molecule has 0 spiro atoms. The van der Waals surface area contributed by atoms with Crippen LogP contribution in [-0.2, 0) is 7.05 Å². The van der Waals surface area contributed by atoms with Gasteiger partial charge in [0, 0.05) is 7.05 Å². The second-order valence-electron chi connectivity index (χ2n) is 2.27. The van der Waals surface area contributed by atoms with Gasteiger partial charge in [0.25, 0.3) is 0 Å². The zero-order chi connectivity index (χ0) is 8.55. The number of hydrogen-bond acceptors (Lipinski definition) is 4. The molecular weight excluding hydrogens is 176 g/mol. The Morgan fingerprint density at radius 3 is 2.92 bits per heavy atom. The Labute approximate surface area is 72.6 Å². The lowest BCUT2D eigenvalue weighted by Gasteiger charge is -1.86. The molecule has 0 fully saturated rings. The van der Waals surface area contributed by atoms with Gasteiger partial charge in [0.05, 0.1) is 6.20 Å². The minimum atomic E-state index is 0.494. The summed E-state index contributed by atoms with van der Waals surface area (Å²) in [6.07, 6.45) is 1.58. The van der Waals surface area contributed by atoms with Crippen molar-refractivity contribution < 1.29 is 0 Å². The summed E-state index contributed by atoms with van der Waals surface area (Å²) in [5, 5.41) is 12.9. The molecule has 7 heteroatoms. The Bertz CT molecular complexity index is 423. The number of hydrogen-bond donors (Lipinski definition) is 2. The summed E-state index contributed by atoms with van der Waals surface area (Å²) in [4.78, 5) is 4.05. The van der Waals surface area contributed by atoms with Crippen LogP contribution >= 0.6 is 12.2 Å². The molecule has 0 atom stereocenters. The number of aromatic amines is 2. The van der Waals surface area contributed by atoms with Gasteiger partial charge < -0.3 is 0 Å². The first-order valence-corrected chi connectivity index (χ1v) is 3.67. The van der Waals surface area contributed by atoms with Crippen LogP contribution in [0.1, 0.15) is 0 Å². The van der Waals surface area contributed by atoms with Crippen molar-refractivity contribution in [2.75, 3.05) is 0 Å². The highest BCUT2D eigenvalue weighted by molar-refractivity contribution is 7.71. The quantitative estimate of drug-likeness (QED) is 0.620. The first-order valence-electron chi connectivity index (χ1n) is 3.26. The molecule has 62 valence electrons. The monoisotopic (exact) mass is 182 g/mol. The van der Waals surface area contributed by atoms with Gasteiger partial charge in [0.1, 0.15) is 5.69 Å². The van der Waals surface area contributed by atoms with E-state index in [1.165, 1.54) is 0 Å². The molecule has 0 aliphatic rings. The number of nitrogens with zero attached hydrogens (tertiary/aromatic N) is 4. The topological polar surface area (TPSA) is 75.2 Å². The summed E-state index contributed by atoms with van der Waals surface area (Å²) in [7, 11) is 1.79. The van der Waals surface area contributed by atoms with E-state index in [2.05, 4.69) is 25.5 Å². The smallest absolute Gasteiger partial charge is 0.216 e. The van der Waals surface area contributed by atoms with Crippen LogP contribution in [0.25, 0.3) is 11.5 Å². The third kappa shape index (κ3) is 1.03. The van der Waals surface area contributed by atoms with Crippen LogP contribution in [0, 0.1) is 4.77 Å². The maximum atomic E-state index is 4.91. The molecule has 0 aromatic carbocycles. The molecule has 2 aromatic heterocycles. The Morgan fingerprint density at radius 2 is 2.42 bits per heavy atom. The van der Waals surface area contributed by atoms with Crippen LogP contribution in [-0.4, -0.2) is 30.2 Å². The Kier molecular flexibility index (Phi) is 1.51. The van der Waals surface area contributed by atoms with Crippen LogP contribution in [0.5, 0.6) is 0 Å². The number of H-pyrrole nitrogens is 2. The minimum absolute atomic E-state index is 0.494. The van der Waals surface area contributed by atoms with Gasteiger partial charge in [0.15, 0.2) is 5.82 Å². The molecule has 0 bridgehead atoms. The predicted molar refractivity (Wildman–Crippen MR) is 43.8 cm³/mol. The van der Waals surface area contributed by atoms with E-state index in [0.717, 1.165) is 0 Å². The van der Waals surface area contributed by atoms with Gasteiger partial charge in [-0.25, -0.2) is 0 Å². The van der Waals surface area contributed by atoms with Crippen molar-refractivity contribution >= 4 is 12.2 Å². The van der Waals surface area contributed by atoms with Gasteiger partial charge in [-0.05, 0) is 12.2 Å². The fourth-order valence-electron chi connectivity index (χ4n) is 0.833. The third-order valence-electron chi connectivity index (χ3n) is 1.43. The zero-order valence-electron chi connectivity index (χ0n) is 6.27. The first kappa shape index (κ1) is 7.17. The van der Waals surface area contributed by atoms with Crippen molar-refractivity contribution in [2.24, 2.45) is 7.05 Å². The molecule has 0 amide bonds. The standard InChI is InChI=1S/C5H6N6S/c1-11-5(12)7-4(9-11)3-2-6-10-8-3/h2H,1H3,(H,6,8,10)(H,7,9,12). The molecule has 2 rings (SSSR count). The highest BCUT2D eigenvalue weighted by atomic mass is 32.1. The van der Waals surface area contributed by atoms with Gasteiger partial charge in [0.2, 0.25) is 4.77 Å². The minimum Gasteiger partial charge on any atom is -0.278 e. The van der Waals surface area contributed by atoms with Crippen LogP contribution in [0.4, 0.5) is 0 Å². The van der Waals surface area contributed by atoms with Crippen molar-refractivity contribution in [3.05, 3.63) is 11.0 Å². The van der Waals surface area contributed by atoms with Gasteiger partial charge in [-0.3, -0.25) is 9.78 Å². The lowest BCUT2D eigenvalue weighted by atomic mass is 10.5. The van der Waals surface area contributed by atoms with Crippen molar-refractivity contribution in [3.8, 4) is 11.5 Å². The molecule has 0 aliphatic heterocycles. The highest BCUT2D eigenvalue weighted by Gasteiger charge is 2.04. The fourth-order valence-corrected chi connectivity index (χ4v) is 0.970. The SMILES string of the molecule is Cn1[nH]c(-c2cn[nH]n2)nc1=S. The maximum absolute atomic E-state index is 4.91. The van der Waals surface area contributed by atoms with Gasteiger partial charge in [-0.1, -0.05) is 0 Å². The van der Waals surface area contributed by atoms with Gasteiger partial charge in [-0.15, -0.1) is 0 Å². The van der Waals surface area contributed by atoms with Gasteiger partial charge in [-0.2, -0.15) is 20.4 Å². The van der Waals surface area contributed by atoms with E-state index in [9.17, 15) is 0 Å². The van der Waals surface area contributed by atoms with E-state index >= 15 is 0 Å². The summed E-state index contributed by atoms with van der Waals surface area (Å²) in [5.41, 5.74) is 0.654. The molecular formula is C5H6N6S. The van der Waals surface area contributed by atoms with Gasteiger partial charge >= 0.3 is 0 Å². The Hall–Kier alpha value is -1.50. The molecule has 2 heterocycles. The number of aryl methyl sites for hydroxylation is 1. The fraction of sp³-hybridized carbons (Fsp3) is 0.200. The van der Waals surface area contributed by atoms with Crippen molar-refractivity contribution in [1.29, 1.82) is 0 Å². The molecule has 0 radical (unpaired) electrons. The highest BCUT2D eigenvalue weighted by Crippen LogP contribution is 2.07. The van der Waals surface area contributed by atoms with Crippen LogP contribution < -0.4 is 0 Å². The van der Waals surface area contributed by atoms with E-state index in [-0.39, 0.29) is 0 Å². The molecule has 2 aromatic rings. The first-order chi connectivity index (χ1) is 5.77. The molecule has 0 saturated heterocycles. The molecule has 0 aliphatic carbocycles. The lowest BCUT2D eigenvalue weighted by molar-refractivity contribution is 0.755. The third-order valence-corrected chi connectivity index (χ3v) is 1.79. The number of nitrogens with one attached hydrogen (secondary N) is 2. The summed E-state index contributed by atoms with van der Waals surface area (Å²) in [6, 6.07) is 0. The van der Waals surface area contributed by atoms with Crippen LogP contribution in [0.3, 0.4) is 0 Å². The summed E-state index contributed by atoms with van der Waals surface area (Å²) >= 11 is 4.91. The number of aromatic nitrogens is 6. The lowest BCUT2D eigenvalue weighted by Crippen LogP contribution is -1.89. The van der Waals surface area contributed by atoms with E-state index in [1.807, 2.05) is 0 Å². The van der Waals surface area contributed by atoms with E-state index in [1.54, 1.807) is 17.9 Å². The Balaban J connectivity index is 2.56. The summed E-state index contributed by atoms with van der Waals surface area (Å²) < 4.78 is 2.13. The predicted octanol–water partition coefficient (Wildman–Crippen LogP) is 0.263. The normalized spacial score (nSPS) is 10.4. The summed E-state index contributed by atoms with van der Waals surface area (Å²) in [6.45, 7) is 0. The van der Waals surface area contributed by atoms with Crippen LogP contribution in [0.15, 0.2) is 6.20 Å². The van der Waals surface area contributed by atoms with Crippen molar-refractivity contribution in [1.82, 2.24) is 30.2 Å². The maximum Gasteiger partial charge on any atom is 0.216 e. The second kappa shape index (κ2) is 2.52. The second-order valence-corrected chi connectivity index (χ2v) is 2.63. The van der Waals surface area contributed by atoms with Crippen LogP contribution in [0.2, 0.25) is 0 Å². The molecule has 6 nitrogen and oxygen atoms in total. The Morgan fingerprint density at radius 1 is 1.58 bits per heavy atom. The summed E-state index contributed by atoms with van der Waals surface area (Å²) in [5.74, 6) is 0.622. The average molecular weight is 182 g/mol. The zero-order valence-corrected chi connectivity index (χ0v) is 7.09. The largest absolute Gasteiger partial charge is 0.278 e. The molecule has 12 heavy (non-hydrogen) atoms. The average Bonchev–Trinajstić information content (AvgIpc) is 2.61. The van der Waals surface area contributed by atoms with Crippen molar-refractivity contribution in [3.63, 3.8) is 0 Å². The molecule has 0 unspecified atom stereocenters. The van der Waals surface area contributed by atoms with E-state index in [0.29, 0.717) is 16.3 Å². The van der Waals surface area contributed by atoms with Crippen molar-refractivity contribution in [2.45, 2.75) is 0 Å².